The molecule has 2 heterocycles. The molecule has 2 amide bonds. The van der Waals surface area contributed by atoms with E-state index in [-0.39, 0.29) is 30.4 Å². The molecule has 1 aromatic heterocycles. The molecule has 2 atom stereocenters. The quantitative estimate of drug-likeness (QED) is 0.808. The van der Waals surface area contributed by atoms with Crippen molar-refractivity contribution in [3.05, 3.63) is 30.1 Å². The van der Waals surface area contributed by atoms with Gasteiger partial charge in [-0.25, -0.2) is 9.78 Å². The van der Waals surface area contributed by atoms with Gasteiger partial charge < -0.3 is 19.9 Å². The Hall–Kier alpha value is -2.57. The summed E-state index contributed by atoms with van der Waals surface area (Å²) in [6.45, 7) is 5.50. The van der Waals surface area contributed by atoms with Gasteiger partial charge in [-0.15, -0.1) is 0 Å². The zero-order valence-corrected chi connectivity index (χ0v) is 14.6. The van der Waals surface area contributed by atoms with E-state index in [0.717, 1.165) is 23.3 Å². The van der Waals surface area contributed by atoms with Gasteiger partial charge in [0.25, 0.3) is 0 Å². The van der Waals surface area contributed by atoms with Crippen molar-refractivity contribution in [3.8, 4) is 0 Å². The number of aromatic amines is 1. The minimum absolute atomic E-state index is 0.0922. The Morgan fingerprint density at radius 2 is 2.24 bits per heavy atom. The SMILES string of the molecule is CC[C@@H](C)[C@@H](NC(=O)CCN1CCOC1=O)c1nc2ccccc2[nH]1. The zero-order chi connectivity index (χ0) is 17.8. The van der Waals surface area contributed by atoms with Crippen molar-refractivity contribution in [2.75, 3.05) is 19.7 Å². The predicted octanol–water partition coefficient (Wildman–Crippen LogP) is 2.61. The average Bonchev–Trinajstić information content (AvgIpc) is 3.22. The third-order valence-corrected chi connectivity index (χ3v) is 4.69. The van der Waals surface area contributed by atoms with Gasteiger partial charge in [0.15, 0.2) is 0 Å². The van der Waals surface area contributed by atoms with Crippen molar-refractivity contribution in [2.24, 2.45) is 5.92 Å². The average molecular weight is 344 g/mol. The van der Waals surface area contributed by atoms with Gasteiger partial charge in [0, 0.05) is 13.0 Å². The molecule has 1 aliphatic rings. The van der Waals surface area contributed by atoms with E-state index >= 15 is 0 Å². The monoisotopic (exact) mass is 344 g/mol. The number of fused-ring (bicyclic) bond motifs is 1. The van der Waals surface area contributed by atoms with Gasteiger partial charge >= 0.3 is 6.09 Å². The molecule has 2 aromatic rings. The number of carbonyl (C=O) groups excluding carboxylic acids is 2. The maximum absolute atomic E-state index is 12.4. The Morgan fingerprint density at radius 1 is 1.44 bits per heavy atom. The van der Waals surface area contributed by atoms with Crippen molar-refractivity contribution in [2.45, 2.75) is 32.7 Å². The molecule has 0 spiro atoms. The van der Waals surface area contributed by atoms with E-state index < -0.39 is 0 Å². The van der Waals surface area contributed by atoms with Gasteiger partial charge in [-0.3, -0.25) is 4.79 Å². The van der Waals surface area contributed by atoms with Crippen LogP contribution in [0.15, 0.2) is 24.3 Å². The molecular weight excluding hydrogens is 320 g/mol. The number of ether oxygens (including phenoxy) is 1. The number of nitrogens with zero attached hydrogens (tertiary/aromatic N) is 2. The Morgan fingerprint density at radius 3 is 2.92 bits per heavy atom. The number of benzene rings is 1. The van der Waals surface area contributed by atoms with Crippen molar-refractivity contribution >= 4 is 23.0 Å². The first-order valence-corrected chi connectivity index (χ1v) is 8.74. The minimum atomic E-state index is -0.344. The first-order chi connectivity index (χ1) is 12.1. The summed E-state index contributed by atoms with van der Waals surface area (Å²) in [6, 6.07) is 7.63. The number of rotatable bonds is 7. The number of imidazole rings is 1. The van der Waals surface area contributed by atoms with Crippen LogP contribution < -0.4 is 5.32 Å². The highest BCUT2D eigenvalue weighted by Crippen LogP contribution is 2.24. The van der Waals surface area contributed by atoms with Gasteiger partial charge in [-0.05, 0) is 18.1 Å². The molecule has 0 bridgehead atoms. The summed E-state index contributed by atoms with van der Waals surface area (Å²) in [5.41, 5.74) is 1.85. The molecule has 0 unspecified atom stereocenters. The smallest absolute Gasteiger partial charge is 0.409 e. The Bertz CT molecular complexity index is 725. The van der Waals surface area contributed by atoms with Gasteiger partial charge in [0.1, 0.15) is 12.4 Å². The maximum Gasteiger partial charge on any atom is 0.409 e. The summed E-state index contributed by atoms with van der Waals surface area (Å²) < 4.78 is 4.88. The highest BCUT2D eigenvalue weighted by atomic mass is 16.6. The van der Waals surface area contributed by atoms with Gasteiger partial charge in [-0.2, -0.15) is 0 Å². The lowest BCUT2D eigenvalue weighted by molar-refractivity contribution is -0.122. The van der Waals surface area contributed by atoms with E-state index in [2.05, 4.69) is 29.1 Å². The number of H-pyrrole nitrogens is 1. The topological polar surface area (TPSA) is 87.3 Å². The molecule has 7 heteroatoms. The summed E-state index contributed by atoms with van der Waals surface area (Å²) in [5, 5.41) is 3.07. The second-order valence-corrected chi connectivity index (χ2v) is 6.42. The lowest BCUT2D eigenvalue weighted by atomic mass is 9.98. The van der Waals surface area contributed by atoms with E-state index in [1.54, 1.807) is 4.90 Å². The lowest BCUT2D eigenvalue weighted by Crippen LogP contribution is -2.36. The summed E-state index contributed by atoms with van der Waals surface area (Å²) in [7, 11) is 0. The van der Waals surface area contributed by atoms with Crippen LogP contribution in [0.1, 0.15) is 38.6 Å². The molecule has 1 aliphatic heterocycles. The highest BCUT2D eigenvalue weighted by molar-refractivity contribution is 5.78. The van der Waals surface area contributed by atoms with Crippen molar-refractivity contribution in [3.63, 3.8) is 0 Å². The molecule has 1 saturated heterocycles. The fraction of sp³-hybridized carbons (Fsp3) is 0.500. The molecule has 2 N–H and O–H groups in total. The lowest BCUT2D eigenvalue weighted by Gasteiger charge is -2.23. The Balaban J connectivity index is 1.68. The maximum atomic E-state index is 12.4. The summed E-state index contributed by atoms with van der Waals surface area (Å²) in [5.74, 6) is 0.913. The fourth-order valence-electron chi connectivity index (χ4n) is 2.95. The molecule has 1 aromatic carbocycles. The second-order valence-electron chi connectivity index (χ2n) is 6.42. The number of amides is 2. The Kier molecular flexibility index (Phi) is 5.21. The van der Waals surface area contributed by atoms with E-state index in [4.69, 9.17) is 4.74 Å². The van der Waals surface area contributed by atoms with Crippen molar-refractivity contribution in [1.82, 2.24) is 20.2 Å². The van der Waals surface area contributed by atoms with Crippen molar-refractivity contribution in [1.29, 1.82) is 0 Å². The van der Waals surface area contributed by atoms with E-state index in [9.17, 15) is 9.59 Å². The van der Waals surface area contributed by atoms with Gasteiger partial charge in [0.05, 0.1) is 23.6 Å². The summed E-state index contributed by atoms with van der Waals surface area (Å²) >= 11 is 0. The third kappa shape index (κ3) is 3.92. The molecular formula is C18H24N4O3. The number of para-hydroxylation sites is 2. The Labute approximate surface area is 146 Å². The normalized spacial score (nSPS) is 16.7. The predicted molar refractivity (Wildman–Crippen MR) is 94.0 cm³/mol. The van der Waals surface area contributed by atoms with Crippen molar-refractivity contribution < 1.29 is 14.3 Å². The highest BCUT2D eigenvalue weighted by Gasteiger charge is 2.25. The number of hydrogen-bond acceptors (Lipinski definition) is 4. The summed E-state index contributed by atoms with van der Waals surface area (Å²) in [6.07, 6.45) is 0.825. The van der Waals surface area contributed by atoms with E-state index in [1.807, 2.05) is 24.3 Å². The number of hydrogen-bond donors (Lipinski definition) is 2. The number of cyclic esters (lactones) is 1. The molecule has 25 heavy (non-hydrogen) atoms. The van der Waals surface area contributed by atoms with Crippen LogP contribution in [0.25, 0.3) is 11.0 Å². The number of nitrogens with one attached hydrogen (secondary N) is 2. The molecule has 0 aliphatic carbocycles. The first-order valence-electron chi connectivity index (χ1n) is 8.74. The van der Waals surface area contributed by atoms with Crippen LogP contribution in [0, 0.1) is 5.92 Å². The molecule has 3 rings (SSSR count). The zero-order valence-electron chi connectivity index (χ0n) is 14.6. The van der Waals surface area contributed by atoms with Gasteiger partial charge in [-0.1, -0.05) is 32.4 Å². The summed E-state index contributed by atoms with van der Waals surface area (Å²) in [4.78, 5) is 33.3. The minimum Gasteiger partial charge on any atom is -0.448 e. The van der Waals surface area contributed by atoms with Crippen LogP contribution in [0.2, 0.25) is 0 Å². The van der Waals surface area contributed by atoms with E-state index in [1.165, 1.54) is 0 Å². The molecule has 0 radical (unpaired) electrons. The number of carbonyl (C=O) groups is 2. The first kappa shape index (κ1) is 17.3. The van der Waals surface area contributed by atoms with Crippen LogP contribution in [0.3, 0.4) is 0 Å². The molecule has 1 fully saturated rings. The van der Waals surface area contributed by atoms with Crippen LogP contribution in [-0.2, 0) is 9.53 Å². The molecule has 7 nitrogen and oxygen atoms in total. The van der Waals surface area contributed by atoms with Crippen LogP contribution in [-0.4, -0.2) is 46.6 Å². The van der Waals surface area contributed by atoms with Gasteiger partial charge in [0.2, 0.25) is 5.91 Å². The van der Waals surface area contributed by atoms with Crippen LogP contribution in [0.4, 0.5) is 4.79 Å². The number of aromatic nitrogens is 2. The largest absolute Gasteiger partial charge is 0.448 e. The van der Waals surface area contributed by atoms with E-state index in [0.29, 0.717) is 19.7 Å². The standard InChI is InChI=1S/C18H24N4O3/c1-3-12(2)16(17-19-13-6-4-5-7-14(13)20-17)21-15(23)8-9-22-10-11-25-18(22)24/h4-7,12,16H,3,8-11H2,1-2H3,(H,19,20)(H,21,23)/t12-,16-/m1/s1. The third-order valence-electron chi connectivity index (χ3n) is 4.69. The molecule has 134 valence electrons. The molecule has 0 saturated carbocycles. The fourth-order valence-corrected chi connectivity index (χ4v) is 2.95. The second kappa shape index (κ2) is 7.55. The van der Waals surface area contributed by atoms with Crippen LogP contribution in [0.5, 0.6) is 0 Å². The van der Waals surface area contributed by atoms with Crippen LogP contribution >= 0.6 is 0 Å².